The summed E-state index contributed by atoms with van der Waals surface area (Å²) in [6.45, 7) is 6.33. The quantitative estimate of drug-likeness (QED) is 0.791. The molecule has 0 amide bonds. The van der Waals surface area contributed by atoms with E-state index in [1.165, 1.54) is 11.3 Å². The van der Waals surface area contributed by atoms with E-state index in [4.69, 9.17) is 9.47 Å². The second-order valence-electron chi connectivity index (χ2n) is 4.35. The van der Waals surface area contributed by atoms with Crippen molar-refractivity contribution in [2.45, 2.75) is 27.4 Å². The maximum atomic E-state index is 11.7. The molecule has 0 atom stereocenters. The van der Waals surface area contributed by atoms with Crippen molar-refractivity contribution in [2.24, 2.45) is 0 Å². The highest BCUT2D eigenvalue weighted by atomic mass is 32.1. The molecule has 0 saturated heterocycles. The van der Waals surface area contributed by atoms with Crippen LogP contribution >= 0.6 is 11.3 Å². The Hall–Kier alpha value is -1.88. The largest absolute Gasteiger partial charge is 0.486 e. The van der Waals surface area contributed by atoms with Crippen molar-refractivity contribution >= 4 is 17.3 Å². The van der Waals surface area contributed by atoms with Gasteiger partial charge in [0.05, 0.1) is 12.3 Å². The zero-order valence-corrected chi connectivity index (χ0v) is 12.6. The fraction of sp³-hybridized carbons (Fsp3) is 0.333. The monoisotopic (exact) mass is 291 g/mol. The van der Waals surface area contributed by atoms with Crippen LogP contribution in [0.5, 0.6) is 5.75 Å². The lowest BCUT2D eigenvalue weighted by Crippen LogP contribution is -2.03. The first-order chi connectivity index (χ1) is 9.60. The number of aryl methyl sites for hydroxylation is 2. The summed E-state index contributed by atoms with van der Waals surface area (Å²) in [5, 5.41) is 0.770. The van der Waals surface area contributed by atoms with Gasteiger partial charge in [0.2, 0.25) is 0 Å². The Morgan fingerprint density at radius 3 is 2.85 bits per heavy atom. The lowest BCUT2D eigenvalue weighted by molar-refractivity contribution is 0.0531. The van der Waals surface area contributed by atoms with Gasteiger partial charge in [0, 0.05) is 0 Å². The second kappa shape index (κ2) is 6.52. The second-order valence-corrected chi connectivity index (χ2v) is 5.43. The first-order valence-electron chi connectivity index (χ1n) is 6.43. The molecule has 0 radical (unpaired) electrons. The molecule has 0 bridgehead atoms. The molecular weight excluding hydrogens is 274 g/mol. The van der Waals surface area contributed by atoms with E-state index < -0.39 is 0 Å². The van der Waals surface area contributed by atoms with Crippen molar-refractivity contribution < 1.29 is 14.3 Å². The molecule has 0 N–H and O–H groups in total. The molecule has 20 heavy (non-hydrogen) atoms. The van der Waals surface area contributed by atoms with E-state index in [-0.39, 0.29) is 5.97 Å². The summed E-state index contributed by atoms with van der Waals surface area (Å²) in [7, 11) is 0. The summed E-state index contributed by atoms with van der Waals surface area (Å²) in [5.41, 5.74) is 1.83. The summed E-state index contributed by atoms with van der Waals surface area (Å²) >= 11 is 1.32. The molecule has 0 spiro atoms. The van der Waals surface area contributed by atoms with Crippen molar-refractivity contribution in [3.63, 3.8) is 0 Å². The van der Waals surface area contributed by atoms with Gasteiger partial charge in [0.15, 0.2) is 0 Å². The van der Waals surface area contributed by atoms with E-state index in [1.807, 2.05) is 31.2 Å². The smallest absolute Gasteiger partial charge is 0.350 e. The van der Waals surface area contributed by atoms with E-state index in [0.29, 0.717) is 23.8 Å². The number of hydrogen-bond acceptors (Lipinski definition) is 5. The van der Waals surface area contributed by atoms with Gasteiger partial charge in [0.1, 0.15) is 22.2 Å². The summed E-state index contributed by atoms with van der Waals surface area (Å²) in [6, 6.07) is 7.83. The van der Waals surface area contributed by atoms with Gasteiger partial charge in [-0.3, -0.25) is 0 Å². The van der Waals surface area contributed by atoms with E-state index in [0.717, 1.165) is 16.3 Å². The number of hydrogen-bond donors (Lipinski definition) is 0. The van der Waals surface area contributed by atoms with Crippen LogP contribution in [0.2, 0.25) is 0 Å². The van der Waals surface area contributed by atoms with Gasteiger partial charge in [-0.05, 0) is 38.5 Å². The minimum atomic E-state index is -0.315. The Kier molecular flexibility index (Phi) is 4.74. The van der Waals surface area contributed by atoms with Crippen LogP contribution < -0.4 is 4.74 Å². The van der Waals surface area contributed by atoms with Crippen molar-refractivity contribution in [3.8, 4) is 5.75 Å². The SMILES string of the molecule is CCOC(=O)c1sc(COc2cccc(C)c2)nc1C. The van der Waals surface area contributed by atoms with Gasteiger partial charge in [-0.1, -0.05) is 12.1 Å². The topological polar surface area (TPSA) is 48.4 Å². The standard InChI is InChI=1S/C15H17NO3S/c1-4-18-15(17)14-11(3)16-13(20-14)9-19-12-7-5-6-10(2)8-12/h5-8H,4,9H2,1-3H3. The minimum absolute atomic E-state index is 0.315. The molecule has 106 valence electrons. The van der Waals surface area contributed by atoms with E-state index in [9.17, 15) is 4.79 Å². The van der Waals surface area contributed by atoms with Crippen molar-refractivity contribution in [2.75, 3.05) is 6.61 Å². The number of nitrogens with zero attached hydrogens (tertiary/aromatic N) is 1. The third-order valence-electron chi connectivity index (χ3n) is 2.65. The Balaban J connectivity index is 2.04. The van der Waals surface area contributed by atoms with Crippen molar-refractivity contribution in [1.82, 2.24) is 4.98 Å². The molecule has 0 aliphatic carbocycles. The predicted octanol–water partition coefficient (Wildman–Crippen LogP) is 3.52. The number of carbonyl (C=O) groups is 1. The number of aromatic nitrogens is 1. The van der Waals surface area contributed by atoms with Crippen LogP contribution in [0.15, 0.2) is 24.3 Å². The molecule has 2 aromatic rings. The van der Waals surface area contributed by atoms with Gasteiger partial charge in [0.25, 0.3) is 0 Å². The average Bonchev–Trinajstić information content (AvgIpc) is 2.78. The van der Waals surface area contributed by atoms with Crippen LogP contribution in [-0.2, 0) is 11.3 Å². The van der Waals surface area contributed by atoms with Crippen LogP contribution in [0, 0.1) is 13.8 Å². The molecule has 1 heterocycles. The van der Waals surface area contributed by atoms with Gasteiger partial charge < -0.3 is 9.47 Å². The average molecular weight is 291 g/mol. The van der Waals surface area contributed by atoms with Gasteiger partial charge in [-0.2, -0.15) is 0 Å². The minimum Gasteiger partial charge on any atom is -0.486 e. The maximum absolute atomic E-state index is 11.7. The summed E-state index contributed by atoms with van der Waals surface area (Å²) < 4.78 is 10.7. The van der Waals surface area contributed by atoms with Crippen LogP contribution in [0.4, 0.5) is 0 Å². The molecule has 0 saturated carbocycles. The first kappa shape index (κ1) is 14.5. The fourth-order valence-electron chi connectivity index (χ4n) is 1.75. The Labute approximate surface area is 122 Å². The van der Waals surface area contributed by atoms with Crippen LogP contribution in [0.3, 0.4) is 0 Å². The Morgan fingerprint density at radius 1 is 1.35 bits per heavy atom. The zero-order valence-electron chi connectivity index (χ0n) is 11.8. The number of carbonyl (C=O) groups excluding carboxylic acids is 1. The molecule has 4 nitrogen and oxygen atoms in total. The molecule has 0 aliphatic rings. The van der Waals surface area contributed by atoms with E-state index >= 15 is 0 Å². The van der Waals surface area contributed by atoms with Gasteiger partial charge >= 0.3 is 5.97 Å². The summed E-state index contributed by atoms with van der Waals surface area (Å²) in [4.78, 5) is 16.6. The number of rotatable bonds is 5. The molecule has 0 aliphatic heterocycles. The molecule has 0 fully saturated rings. The molecule has 1 aromatic heterocycles. The highest BCUT2D eigenvalue weighted by Gasteiger charge is 2.16. The highest BCUT2D eigenvalue weighted by Crippen LogP contribution is 2.21. The summed E-state index contributed by atoms with van der Waals surface area (Å²) in [5.74, 6) is 0.486. The summed E-state index contributed by atoms with van der Waals surface area (Å²) in [6.07, 6.45) is 0. The maximum Gasteiger partial charge on any atom is 0.350 e. The van der Waals surface area contributed by atoms with Crippen LogP contribution in [-0.4, -0.2) is 17.6 Å². The number of esters is 1. The first-order valence-corrected chi connectivity index (χ1v) is 7.24. The number of benzene rings is 1. The molecule has 5 heteroatoms. The van der Waals surface area contributed by atoms with Crippen LogP contribution in [0.25, 0.3) is 0 Å². The zero-order chi connectivity index (χ0) is 14.5. The van der Waals surface area contributed by atoms with Crippen molar-refractivity contribution in [1.29, 1.82) is 0 Å². The Bertz CT molecular complexity index is 607. The molecular formula is C15H17NO3S. The highest BCUT2D eigenvalue weighted by molar-refractivity contribution is 7.13. The third-order valence-corrected chi connectivity index (χ3v) is 3.76. The number of ether oxygens (including phenoxy) is 2. The Morgan fingerprint density at radius 2 is 2.15 bits per heavy atom. The van der Waals surface area contributed by atoms with Gasteiger partial charge in [-0.25, -0.2) is 9.78 Å². The molecule has 2 rings (SSSR count). The van der Waals surface area contributed by atoms with E-state index in [1.54, 1.807) is 13.8 Å². The van der Waals surface area contributed by atoms with Gasteiger partial charge in [-0.15, -0.1) is 11.3 Å². The normalized spacial score (nSPS) is 10.3. The number of thiazole rings is 1. The predicted molar refractivity (Wildman–Crippen MR) is 78.3 cm³/mol. The molecule has 1 aromatic carbocycles. The fourth-order valence-corrected chi connectivity index (χ4v) is 2.62. The molecule has 0 unspecified atom stereocenters. The third kappa shape index (κ3) is 3.57. The lowest BCUT2D eigenvalue weighted by atomic mass is 10.2. The van der Waals surface area contributed by atoms with Crippen LogP contribution in [0.1, 0.15) is 32.9 Å². The lowest BCUT2D eigenvalue weighted by Gasteiger charge is -2.04. The van der Waals surface area contributed by atoms with E-state index in [2.05, 4.69) is 4.98 Å². The van der Waals surface area contributed by atoms with Crippen molar-refractivity contribution in [3.05, 3.63) is 45.4 Å².